The van der Waals surface area contributed by atoms with Crippen molar-refractivity contribution < 1.29 is 5.11 Å². The van der Waals surface area contributed by atoms with Crippen molar-refractivity contribution in [3.8, 4) is 0 Å². The Labute approximate surface area is 75.6 Å². The van der Waals surface area contributed by atoms with Crippen molar-refractivity contribution in [1.29, 1.82) is 0 Å². The maximum absolute atomic E-state index is 9.37. The van der Waals surface area contributed by atoms with Gasteiger partial charge in [0.05, 0.1) is 6.10 Å². The first kappa shape index (κ1) is 11.3. The first-order valence-electron chi connectivity index (χ1n) is 4.60. The van der Waals surface area contributed by atoms with Crippen LogP contribution in [0.4, 0.5) is 0 Å². The van der Waals surface area contributed by atoms with Crippen molar-refractivity contribution in [2.24, 2.45) is 0 Å². The van der Waals surface area contributed by atoms with Crippen LogP contribution in [0.3, 0.4) is 0 Å². The fraction of sp³-hybridized carbons (Fsp3) is 1.00. The predicted octanol–water partition coefficient (Wildman–Crippen LogP) is 2.64. The number of rotatable bonds is 7. The van der Waals surface area contributed by atoms with E-state index in [0.29, 0.717) is 0 Å². The van der Waals surface area contributed by atoms with Gasteiger partial charge in [0.1, 0.15) is 0 Å². The van der Waals surface area contributed by atoms with Gasteiger partial charge in [-0.05, 0) is 25.0 Å². The SMILES string of the molecule is CCCCC[C@@H](O)CCCS. The largest absolute Gasteiger partial charge is 0.393 e. The van der Waals surface area contributed by atoms with E-state index in [2.05, 4.69) is 19.6 Å². The molecule has 0 heterocycles. The molecule has 0 aliphatic carbocycles. The lowest BCUT2D eigenvalue weighted by atomic mass is 10.1. The minimum absolute atomic E-state index is 0.0753. The highest BCUT2D eigenvalue weighted by molar-refractivity contribution is 7.80. The summed E-state index contributed by atoms with van der Waals surface area (Å²) in [6.45, 7) is 2.18. The van der Waals surface area contributed by atoms with Gasteiger partial charge in [-0.2, -0.15) is 12.6 Å². The number of unbranched alkanes of at least 4 members (excludes halogenated alkanes) is 2. The number of aliphatic hydroxyl groups is 1. The zero-order chi connectivity index (χ0) is 8.53. The summed E-state index contributed by atoms with van der Waals surface area (Å²) in [4.78, 5) is 0. The summed E-state index contributed by atoms with van der Waals surface area (Å²) in [5, 5.41) is 9.37. The molecule has 0 aliphatic rings. The molecule has 0 aromatic carbocycles. The van der Waals surface area contributed by atoms with E-state index < -0.39 is 0 Å². The maximum atomic E-state index is 9.37. The summed E-state index contributed by atoms with van der Waals surface area (Å²) in [5.41, 5.74) is 0. The molecular weight excluding hydrogens is 156 g/mol. The van der Waals surface area contributed by atoms with Crippen molar-refractivity contribution in [1.82, 2.24) is 0 Å². The molecule has 0 saturated heterocycles. The predicted molar refractivity (Wildman–Crippen MR) is 53.2 cm³/mol. The Morgan fingerprint density at radius 3 is 2.36 bits per heavy atom. The van der Waals surface area contributed by atoms with Crippen molar-refractivity contribution in [2.45, 2.75) is 51.6 Å². The summed E-state index contributed by atoms with van der Waals surface area (Å²) in [6, 6.07) is 0. The smallest absolute Gasteiger partial charge is 0.0540 e. The molecule has 0 saturated carbocycles. The zero-order valence-corrected chi connectivity index (χ0v) is 8.32. The third kappa shape index (κ3) is 8.21. The topological polar surface area (TPSA) is 20.2 Å². The minimum Gasteiger partial charge on any atom is -0.393 e. The second-order valence-corrected chi connectivity index (χ2v) is 3.46. The molecular formula is C9H20OS. The van der Waals surface area contributed by atoms with Gasteiger partial charge in [0.25, 0.3) is 0 Å². The molecule has 0 fully saturated rings. The molecule has 0 aliphatic heterocycles. The number of hydrogen-bond donors (Lipinski definition) is 2. The quantitative estimate of drug-likeness (QED) is 0.451. The molecule has 0 radical (unpaired) electrons. The van der Waals surface area contributed by atoms with Crippen LogP contribution in [0.2, 0.25) is 0 Å². The molecule has 1 nitrogen and oxygen atoms in total. The normalized spacial score (nSPS) is 13.4. The third-order valence-corrected chi connectivity index (χ3v) is 2.15. The molecule has 68 valence electrons. The van der Waals surface area contributed by atoms with Gasteiger partial charge >= 0.3 is 0 Å². The molecule has 0 unspecified atom stereocenters. The van der Waals surface area contributed by atoms with Crippen LogP contribution in [0, 0.1) is 0 Å². The van der Waals surface area contributed by atoms with Crippen molar-refractivity contribution in [3.63, 3.8) is 0 Å². The molecule has 1 N–H and O–H groups in total. The van der Waals surface area contributed by atoms with E-state index in [4.69, 9.17) is 0 Å². The molecule has 0 spiro atoms. The second-order valence-electron chi connectivity index (χ2n) is 3.02. The Balaban J connectivity index is 3.02. The minimum atomic E-state index is -0.0753. The van der Waals surface area contributed by atoms with Crippen LogP contribution in [0.15, 0.2) is 0 Å². The van der Waals surface area contributed by atoms with Crippen LogP contribution < -0.4 is 0 Å². The Hall–Kier alpha value is 0.310. The lowest BCUT2D eigenvalue weighted by Gasteiger charge is -2.08. The number of thiol groups is 1. The highest BCUT2D eigenvalue weighted by Crippen LogP contribution is 2.08. The van der Waals surface area contributed by atoms with Crippen LogP contribution in [0.5, 0.6) is 0 Å². The van der Waals surface area contributed by atoms with Gasteiger partial charge in [-0.25, -0.2) is 0 Å². The summed E-state index contributed by atoms with van der Waals surface area (Å²) in [7, 11) is 0. The van der Waals surface area contributed by atoms with Gasteiger partial charge < -0.3 is 5.11 Å². The summed E-state index contributed by atoms with van der Waals surface area (Å²) in [5.74, 6) is 0.894. The van der Waals surface area contributed by atoms with E-state index in [1.165, 1.54) is 19.3 Å². The Kier molecular flexibility index (Phi) is 8.64. The van der Waals surface area contributed by atoms with Crippen LogP contribution >= 0.6 is 12.6 Å². The molecule has 1 atom stereocenters. The summed E-state index contributed by atoms with van der Waals surface area (Å²) >= 11 is 4.09. The van der Waals surface area contributed by atoms with Gasteiger partial charge in [-0.15, -0.1) is 0 Å². The van der Waals surface area contributed by atoms with E-state index in [-0.39, 0.29) is 6.10 Å². The van der Waals surface area contributed by atoms with Gasteiger partial charge in [-0.3, -0.25) is 0 Å². The molecule has 11 heavy (non-hydrogen) atoms. The van der Waals surface area contributed by atoms with Gasteiger partial charge in [0, 0.05) is 0 Å². The fourth-order valence-corrected chi connectivity index (χ4v) is 1.28. The van der Waals surface area contributed by atoms with Crippen LogP contribution in [-0.4, -0.2) is 17.0 Å². The van der Waals surface area contributed by atoms with Gasteiger partial charge in [0.2, 0.25) is 0 Å². The van der Waals surface area contributed by atoms with E-state index in [9.17, 15) is 5.11 Å². The second kappa shape index (κ2) is 8.41. The van der Waals surface area contributed by atoms with Crippen molar-refractivity contribution in [3.05, 3.63) is 0 Å². The standard InChI is InChI=1S/C9H20OS/c1-2-3-4-6-9(10)7-5-8-11/h9-11H,2-8H2,1H3/t9-/m1/s1. The van der Waals surface area contributed by atoms with Crippen molar-refractivity contribution in [2.75, 3.05) is 5.75 Å². The average Bonchev–Trinajstić information content (AvgIpc) is 2.01. The fourth-order valence-electron chi connectivity index (χ4n) is 1.10. The highest BCUT2D eigenvalue weighted by atomic mass is 32.1. The van der Waals surface area contributed by atoms with Gasteiger partial charge in [-0.1, -0.05) is 26.2 Å². The Morgan fingerprint density at radius 2 is 1.82 bits per heavy atom. The molecule has 2 heteroatoms. The maximum Gasteiger partial charge on any atom is 0.0540 e. The lowest BCUT2D eigenvalue weighted by Crippen LogP contribution is -2.05. The van der Waals surface area contributed by atoms with E-state index in [1.807, 2.05) is 0 Å². The molecule has 0 aromatic heterocycles. The van der Waals surface area contributed by atoms with Gasteiger partial charge in [0.15, 0.2) is 0 Å². The zero-order valence-electron chi connectivity index (χ0n) is 7.42. The lowest BCUT2D eigenvalue weighted by molar-refractivity contribution is 0.150. The average molecular weight is 176 g/mol. The molecule has 0 bridgehead atoms. The van der Waals surface area contributed by atoms with E-state index in [0.717, 1.165) is 25.0 Å². The Morgan fingerprint density at radius 1 is 1.18 bits per heavy atom. The number of aliphatic hydroxyl groups excluding tert-OH is 1. The van der Waals surface area contributed by atoms with Crippen molar-refractivity contribution >= 4 is 12.6 Å². The summed E-state index contributed by atoms with van der Waals surface area (Å²) in [6.07, 6.45) is 6.51. The Bertz CT molecular complexity index is 76.0. The monoisotopic (exact) mass is 176 g/mol. The van der Waals surface area contributed by atoms with E-state index >= 15 is 0 Å². The molecule has 0 aromatic rings. The van der Waals surface area contributed by atoms with Crippen LogP contribution in [-0.2, 0) is 0 Å². The first-order chi connectivity index (χ1) is 5.31. The van der Waals surface area contributed by atoms with Crippen LogP contribution in [0.25, 0.3) is 0 Å². The van der Waals surface area contributed by atoms with E-state index in [1.54, 1.807) is 0 Å². The summed E-state index contributed by atoms with van der Waals surface area (Å²) < 4.78 is 0. The molecule has 0 amide bonds. The van der Waals surface area contributed by atoms with Crippen LogP contribution in [0.1, 0.15) is 45.4 Å². The first-order valence-corrected chi connectivity index (χ1v) is 5.23. The highest BCUT2D eigenvalue weighted by Gasteiger charge is 2.01. The molecule has 0 rings (SSSR count). The number of hydrogen-bond acceptors (Lipinski definition) is 2. The third-order valence-electron chi connectivity index (χ3n) is 1.84.